The maximum absolute atomic E-state index is 11.8. The van der Waals surface area contributed by atoms with E-state index in [4.69, 9.17) is 9.84 Å². The summed E-state index contributed by atoms with van der Waals surface area (Å²) in [5.74, 6) is 0.547. The number of aliphatic hydroxyl groups is 1. The molecule has 1 heterocycles. The molecule has 2 N–H and O–H groups in total. The van der Waals surface area contributed by atoms with Crippen molar-refractivity contribution in [1.82, 2.24) is 10.3 Å². The van der Waals surface area contributed by atoms with Crippen molar-refractivity contribution in [3.8, 4) is 5.75 Å². The summed E-state index contributed by atoms with van der Waals surface area (Å²) < 4.78 is 5.58. The van der Waals surface area contributed by atoms with Gasteiger partial charge >= 0.3 is 0 Å². The number of hydrogen-bond acceptors (Lipinski definition) is 5. The zero-order valence-corrected chi connectivity index (χ0v) is 12.6. The van der Waals surface area contributed by atoms with Crippen LogP contribution in [0.15, 0.2) is 35.2 Å². The maximum atomic E-state index is 11.8. The number of carbonyl (C=O) groups is 1. The molecular formula is C15H18N2O3S. The van der Waals surface area contributed by atoms with E-state index in [-0.39, 0.29) is 5.91 Å². The molecule has 0 radical (unpaired) electrons. The largest absolute Gasteiger partial charge is 0.487 e. The van der Waals surface area contributed by atoms with Gasteiger partial charge in [-0.05, 0) is 37.6 Å². The molecular weight excluding hydrogens is 288 g/mol. The van der Waals surface area contributed by atoms with Crippen LogP contribution in [-0.4, -0.2) is 28.6 Å². The van der Waals surface area contributed by atoms with Crippen LogP contribution in [0.2, 0.25) is 0 Å². The quantitative estimate of drug-likeness (QED) is 0.823. The number of thiazole rings is 1. The number of ether oxygens (including phenoxy) is 1. The lowest BCUT2D eigenvalue weighted by Crippen LogP contribution is -2.26. The van der Waals surface area contributed by atoms with Gasteiger partial charge in [-0.15, -0.1) is 11.3 Å². The van der Waals surface area contributed by atoms with Crippen molar-refractivity contribution < 1.29 is 14.6 Å². The first-order valence-electron chi connectivity index (χ1n) is 6.71. The fourth-order valence-electron chi connectivity index (χ4n) is 1.67. The summed E-state index contributed by atoms with van der Waals surface area (Å²) in [7, 11) is 0. The minimum atomic E-state index is -0.410. The normalized spacial score (nSPS) is 11.9. The first kappa shape index (κ1) is 15.5. The lowest BCUT2D eigenvalue weighted by atomic mass is 10.2. The van der Waals surface area contributed by atoms with Crippen LogP contribution in [0, 0.1) is 0 Å². The predicted octanol–water partition coefficient (Wildman–Crippen LogP) is 2.22. The Balaban J connectivity index is 1.82. The Hall–Kier alpha value is -1.92. The highest BCUT2D eigenvalue weighted by molar-refractivity contribution is 7.07. The van der Waals surface area contributed by atoms with Gasteiger partial charge in [0.2, 0.25) is 0 Å². The van der Waals surface area contributed by atoms with Gasteiger partial charge in [0.05, 0.1) is 17.3 Å². The molecule has 1 atom stereocenters. The van der Waals surface area contributed by atoms with E-state index in [0.717, 1.165) is 5.69 Å². The van der Waals surface area contributed by atoms with Gasteiger partial charge < -0.3 is 15.2 Å². The first-order chi connectivity index (χ1) is 10.1. The Morgan fingerprint density at radius 2 is 2.19 bits per heavy atom. The van der Waals surface area contributed by atoms with Crippen LogP contribution >= 0.6 is 11.3 Å². The van der Waals surface area contributed by atoms with Gasteiger partial charge in [-0.2, -0.15) is 0 Å². The third-order valence-corrected chi connectivity index (χ3v) is 3.47. The Morgan fingerprint density at radius 3 is 2.81 bits per heavy atom. The second kappa shape index (κ2) is 7.75. The number of aliphatic hydroxyl groups excluding tert-OH is 1. The monoisotopic (exact) mass is 306 g/mol. The van der Waals surface area contributed by atoms with E-state index in [0.29, 0.717) is 30.9 Å². The van der Waals surface area contributed by atoms with E-state index in [1.807, 2.05) is 5.38 Å². The molecule has 0 saturated heterocycles. The molecule has 0 aliphatic carbocycles. The van der Waals surface area contributed by atoms with Gasteiger partial charge in [-0.1, -0.05) is 0 Å². The lowest BCUT2D eigenvalue weighted by Gasteiger charge is -2.08. The summed E-state index contributed by atoms with van der Waals surface area (Å²) in [5.41, 5.74) is 3.22. The van der Waals surface area contributed by atoms with Crippen molar-refractivity contribution in [3.05, 3.63) is 46.4 Å². The average molecular weight is 306 g/mol. The minimum absolute atomic E-state index is 0.151. The second-order valence-electron chi connectivity index (χ2n) is 4.69. The van der Waals surface area contributed by atoms with Crippen LogP contribution in [0.1, 0.15) is 29.4 Å². The van der Waals surface area contributed by atoms with E-state index in [2.05, 4.69) is 10.3 Å². The number of nitrogens with zero attached hydrogens (tertiary/aromatic N) is 1. The number of carbonyl (C=O) groups excluding carboxylic acids is 1. The second-order valence-corrected chi connectivity index (χ2v) is 5.41. The minimum Gasteiger partial charge on any atom is -0.487 e. The molecule has 1 aromatic heterocycles. The third kappa shape index (κ3) is 5.17. The van der Waals surface area contributed by atoms with Crippen LogP contribution in [0.25, 0.3) is 0 Å². The summed E-state index contributed by atoms with van der Waals surface area (Å²) in [5, 5.41) is 13.8. The SMILES string of the molecule is CC(O)CCNC(=O)c1ccc(OCc2cscn2)cc1. The van der Waals surface area contributed by atoms with Crippen molar-refractivity contribution in [2.24, 2.45) is 0 Å². The molecule has 0 aliphatic rings. The molecule has 1 unspecified atom stereocenters. The standard InChI is InChI=1S/C15H18N2O3S/c1-11(18)6-7-16-15(19)12-2-4-14(5-3-12)20-8-13-9-21-10-17-13/h2-5,9-11,18H,6-8H2,1H3,(H,16,19). The molecule has 0 aliphatic heterocycles. The fourth-order valence-corrected chi connectivity index (χ4v) is 2.21. The van der Waals surface area contributed by atoms with Crippen molar-refractivity contribution in [3.63, 3.8) is 0 Å². The van der Waals surface area contributed by atoms with Crippen LogP contribution in [-0.2, 0) is 6.61 Å². The number of nitrogens with one attached hydrogen (secondary N) is 1. The Kier molecular flexibility index (Phi) is 5.71. The lowest BCUT2D eigenvalue weighted by molar-refractivity contribution is 0.0945. The van der Waals surface area contributed by atoms with E-state index in [9.17, 15) is 4.79 Å². The summed E-state index contributed by atoms with van der Waals surface area (Å²) in [6.07, 6.45) is 0.132. The van der Waals surface area contributed by atoms with Crippen LogP contribution in [0.3, 0.4) is 0 Å². The molecule has 0 saturated carbocycles. The van der Waals surface area contributed by atoms with Gasteiger partial charge in [0.1, 0.15) is 12.4 Å². The summed E-state index contributed by atoms with van der Waals surface area (Å²) in [4.78, 5) is 16.0. The van der Waals surface area contributed by atoms with E-state index >= 15 is 0 Å². The summed E-state index contributed by atoms with van der Waals surface area (Å²) in [6, 6.07) is 6.95. The number of hydrogen-bond donors (Lipinski definition) is 2. The maximum Gasteiger partial charge on any atom is 0.251 e. The first-order valence-corrected chi connectivity index (χ1v) is 7.65. The average Bonchev–Trinajstić information content (AvgIpc) is 2.98. The molecule has 5 nitrogen and oxygen atoms in total. The smallest absolute Gasteiger partial charge is 0.251 e. The van der Waals surface area contributed by atoms with Crippen LogP contribution < -0.4 is 10.1 Å². The highest BCUT2D eigenvalue weighted by atomic mass is 32.1. The topological polar surface area (TPSA) is 71.5 Å². The Bertz CT molecular complexity index is 553. The van der Waals surface area contributed by atoms with Crippen molar-refractivity contribution in [1.29, 1.82) is 0 Å². The number of benzene rings is 1. The summed E-state index contributed by atoms with van der Waals surface area (Å²) >= 11 is 1.53. The van der Waals surface area contributed by atoms with E-state index in [1.54, 1.807) is 36.7 Å². The van der Waals surface area contributed by atoms with Gasteiger partial charge in [-0.25, -0.2) is 4.98 Å². The van der Waals surface area contributed by atoms with Gasteiger partial charge in [0, 0.05) is 17.5 Å². The number of amides is 1. The molecule has 0 spiro atoms. The van der Waals surface area contributed by atoms with Gasteiger partial charge in [-0.3, -0.25) is 4.79 Å². The molecule has 2 rings (SSSR count). The molecule has 1 amide bonds. The Labute approximate surface area is 127 Å². The van der Waals surface area contributed by atoms with Gasteiger partial charge in [0.25, 0.3) is 5.91 Å². The zero-order chi connectivity index (χ0) is 15.1. The number of aromatic nitrogens is 1. The highest BCUT2D eigenvalue weighted by Crippen LogP contribution is 2.14. The van der Waals surface area contributed by atoms with Gasteiger partial charge in [0.15, 0.2) is 0 Å². The molecule has 2 aromatic rings. The Morgan fingerprint density at radius 1 is 1.43 bits per heavy atom. The molecule has 0 fully saturated rings. The van der Waals surface area contributed by atoms with Crippen molar-refractivity contribution in [2.75, 3.05) is 6.54 Å². The van der Waals surface area contributed by atoms with Crippen molar-refractivity contribution >= 4 is 17.2 Å². The fraction of sp³-hybridized carbons (Fsp3) is 0.333. The predicted molar refractivity (Wildman–Crippen MR) is 81.5 cm³/mol. The van der Waals surface area contributed by atoms with Crippen LogP contribution in [0.5, 0.6) is 5.75 Å². The highest BCUT2D eigenvalue weighted by Gasteiger charge is 2.06. The van der Waals surface area contributed by atoms with Crippen molar-refractivity contribution in [2.45, 2.75) is 26.1 Å². The summed E-state index contributed by atoms with van der Waals surface area (Å²) in [6.45, 7) is 2.57. The molecule has 6 heteroatoms. The number of rotatable bonds is 7. The van der Waals surface area contributed by atoms with Crippen LogP contribution in [0.4, 0.5) is 0 Å². The molecule has 21 heavy (non-hydrogen) atoms. The molecule has 0 bridgehead atoms. The van der Waals surface area contributed by atoms with E-state index < -0.39 is 6.10 Å². The third-order valence-electron chi connectivity index (χ3n) is 2.83. The van der Waals surface area contributed by atoms with E-state index in [1.165, 1.54) is 11.3 Å². The molecule has 112 valence electrons. The zero-order valence-electron chi connectivity index (χ0n) is 11.8. The molecule has 1 aromatic carbocycles.